The molecule has 1 N–H and O–H groups in total. The van der Waals surface area contributed by atoms with E-state index in [0.29, 0.717) is 29.7 Å². The Kier molecular flexibility index (Phi) is 4.91. The third kappa shape index (κ3) is 3.30. The molecule has 1 fully saturated rings. The summed E-state index contributed by atoms with van der Waals surface area (Å²) in [6.07, 6.45) is -4.38. The Morgan fingerprint density at radius 1 is 1.17 bits per heavy atom. The summed E-state index contributed by atoms with van der Waals surface area (Å²) in [7, 11) is 1.70. The number of amides is 1. The molecule has 0 radical (unpaired) electrons. The molecule has 0 bridgehead atoms. The Balaban J connectivity index is 0.00000192. The molecule has 0 atom stereocenters. The topological polar surface area (TPSA) is 37.3 Å². The number of rotatable bonds is 1. The number of hydrogen-bond donors (Lipinski definition) is 1. The second kappa shape index (κ2) is 6.41. The highest BCUT2D eigenvalue weighted by molar-refractivity contribution is 5.99. The first-order chi connectivity index (χ1) is 10.4. The fourth-order valence-electron chi connectivity index (χ4n) is 2.76. The van der Waals surface area contributed by atoms with Crippen molar-refractivity contribution in [2.24, 2.45) is 7.05 Å². The SMILES string of the molecule is Cl.Cn1c(C(=O)N2CCNCC2)cc2cc(C(F)(F)F)ccc21. The van der Waals surface area contributed by atoms with Crippen LogP contribution in [0.1, 0.15) is 16.1 Å². The first-order valence-corrected chi connectivity index (χ1v) is 7.04. The molecule has 0 unspecified atom stereocenters. The lowest BCUT2D eigenvalue weighted by Crippen LogP contribution is -2.46. The summed E-state index contributed by atoms with van der Waals surface area (Å²) in [5, 5.41) is 3.59. The number of piperazine rings is 1. The van der Waals surface area contributed by atoms with Crippen LogP contribution in [-0.2, 0) is 13.2 Å². The molecule has 2 aromatic rings. The maximum Gasteiger partial charge on any atom is 0.416 e. The summed E-state index contributed by atoms with van der Waals surface area (Å²) in [5.74, 6) is -0.145. The molecule has 1 aromatic carbocycles. The van der Waals surface area contributed by atoms with Gasteiger partial charge in [0.2, 0.25) is 0 Å². The third-order valence-electron chi connectivity index (χ3n) is 3.99. The van der Waals surface area contributed by atoms with E-state index in [2.05, 4.69) is 5.32 Å². The van der Waals surface area contributed by atoms with E-state index in [9.17, 15) is 18.0 Å². The van der Waals surface area contributed by atoms with Gasteiger partial charge in [0.05, 0.1) is 5.56 Å². The lowest BCUT2D eigenvalue weighted by molar-refractivity contribution is -0.137. The lowest BCUT2D eigenvalue weighted by Gasteiger charge is -2.27. The van der Waals surface area contributed by atoms with E-state index < -0.39 is 11.7 Å². The van der Waals surface area contributed by atoms with Crippen molar-refractivity contribution in [3.8, 4) is 0 Å². The van der Waals surface area contributed by atoms with Gasteiger partial charge < -0.3 is 14.8 Å². The number of aryl methyl sites for hydroxylation is 1. The minimum atomic E-state index is -4.38. The van der Waals surface area contributed by atoms with Crippen LogP contribution in [0.2, 0.25) is 0 Å². The Morgan fingerprint density at radius 3 is 2.43 bits per heavy atom. The van der Waals surface area contributed by atoms with E-state index in [0.717, 1.165) is 25.2 Å². The number of carbonyl (C=O) groups excluding carboxylic acids is 1. The lowest BCUT2D eigenvalue weighted by atomic mass is 10.1. The molecule has 1 aliphatic heterocycles. The van der Waals surface area contributed by atoms with Gasteiger partial charge in [-0.05, 0) is 24.3 Å². The molecule has 8 heteroatoms. The largest absolute Gasteiger partial charge is 0.416 e. The summed E-state index contributed by atoms with van der Waals surface area (Å²) >= 11 is 0. The maximum absolute atomic E-state index is 12.8. The van der Waals surface area contributed by atoms with Crippen LogP contribution in [0, 0.1) is 0 Å². The van der Waals surface area contributed by atoms with Crippen LogP contribution in [0.15, 0.2) is 24.3 Å². The minimum Gasteiger partial charge on any atom is -0.340 e. The molecule has 4 nitrogen and oxygen atoms in total. The van der Waals surface area contributed by atoms with E-state index in [1.54, 1.807) is 16.5 Å². The summed E-state index contributed by atoms with van der Waals surface area (Å²) in [5.41, 5.74) is 0.328. The van der Waals surface area contributed by atoms with Gasteiger partial charge in [0.25, 0.3) is 5.91 Å². The molecule has 3 rings (SSSR count). The van der Waals surface area contributed by atoms with Crippen LogP contribution in [0.3, 0.4) is 0 Å². The van der Waals surface area contributed by atoms with Crippen molar-refractivity contribution < 1.29 is 18.0 Å². The monoisotopic (exact) mass is 347 g/mol. The zero-order valence-corrected chi connectivity index (χ0v) is 13.3. The van der Waals surface area contributed by atoms with Crippen LogP contribution in [0.5, 0.6) is 0 Å². The van der Waals surface area contributed by atoms with Crippen LogP contribution >= 0.6 is 12.4 Å². The van der Waals surface area contributed by atoms with Gasteiger partial charge in [0.1, 0.15) is 5.69 Å². The van der Waals surface area contributed by atoms with E-state index in [4.69, 9.17) is 0 Å². The van der Waals surface area contributed by atoms with Crippen LogP contribution < -0.4 is 5.32 Å². The maximum atomic E-state index is 12.8. The Bertz CT molecular complexity index is 721. The average molecular weight is 348 g/mol. The molecule has 0 aliphatic carbocycles. The number of fused-ring (bicyclic) bond motifs is 1. The van der Waals surface area contributed by atoms with Crippen molar-refractivity contribution in [1.82, 2.24) is 14.8 Å². The second-order valence-corrected chi connectivity index (χ2v) is 5.40. The van der Waals surface area contributed by atoms with Crippen molar-refractivity contribution in [1.29, 1.82) is 0 Å². The van der Waals surface area contributed by atoms with Crippen LogP contribution in [0.4, 0.5) is 13.2 Å². The van der Waals surface area contributed by atoms with Crippen molar-refractivity contribution in [3.63, 3.8) is 0 Å². The Hall–Kier alpha value is -1.73. The molecule has 0 spiro atoms. The molecular weight excluding hydrogens is 331 g/mol. The highest BCUT2D eigenvalue weighted by atomic mass is 35.5. The number of hydrogen-bond acceptors (Lipinski definition) is 2. The number of aromatic nitrogens is 1. The molecule has 23 heavy (non-hydrogen) atoms. The quantitative estimate of drug-likeness (QED) is 0.861. The smallest absolute Gasteiger partial charge is 0.340 e. The zero-order valence-electron chi connectivity index (χ0n) is 12.5. The number of alkyl halides is 3. The highest BCUT2D eigenvalue weighted by Gasteiger charge is 2.31. The Labute approximate surface area is 137 Å². The molecule has 126 valence electrons. The van der Waals surface area contributed by atoms with Crippen LogP contribution in [0.25, 0.3) is 10.9 Å². The standard InChI is InChI=1S/C15H16F3N3O.ClH/c1-20-12-3-2-11(15(16,17)18)8-10(12)9-13(20)14(22)21-6-4-19-5-7-21;/h2-3,8-9,19H,4-7H2,1H3;1H. The van der Waals surface area contributed by atoms with Gasteiger partial charge in [0.15, 0.2) is 0 Å². The van der Waals surface area contributed by atoms with E-state index in [1.165, 1.54) is 12.1 Å². The summed E-state index contributed by atoms with van der Waals surface area (Å²) in [6.45, 7) is 2.67. The van der Waals surface area contributed by atoms with Crippen molar-refractivity contribution >= 4 is 29.2 Å². The molecule has 1 saturated heterocycles. The Morgan fingerprint density at radius 2 is 1.83 bits per heavy atom. The average Bonchev–Trinajstić information content (AvgIpc) is 2.83. The van der Waals surface area contributed by atoms with Gasteiger partial charge in [0, 0.05) is 44.1 Å². The van der Waals surface area contributed by atoms with Gasteiger partial charge >= 0.3 is 6.18 Å². The first-order valence-electron chi connectivity index (χ1n) is 7.04. The summed E-state index contributed by atoms with van der Waals surface area (Å²) in [4.78, 5) is 14.2. The normalized spacial score (nSPS) is 15.6. The molecule has 0 saturated carbocycles. The second-order valence-electron chi connectivity index (χ2n) is 5.40. The number of benzene rings is 1. The minimum absolute atomic E-state index is 0. The number of nitrogens with one attached hydrogen (secondary N) is 1. The predicted octanol–water partition coefficient (Wildman–Crippen LogP) is 2.66. The summed E-state index contributed by atoms with van der Waals surface area (Å²) in [6, 6.07) is 5.08. The third-order valence-corrected chi connectivity index (χ3v) is 3.99. The van der Waals surface area contributed by atoms with Crippen molar-refractivity contribution in [2.75, 3.05) is 26.2 Å². The predicted molar refractivity (Wildman–Crippen MR) is 83.9 cm³/mol. The number of nitrogens with zero attached hydrogens (tertiary/aromatic N) is 2. The van der Waals surface area contributed by atoms with E-state index in [1.807, 2.05) is 0 Å². The van der Waals surface area contributed by atoms with E-state index >= 15 is 0 Å². The fourth-order valence-corrected chi connectivity index (χ4v) is 2.76. The van der Waals surface area contributed by atoms with Gasteiger partial charge in [-0.1, -0.05) is 0 Å². The van der Waals surface area contributed by atoms with Crippen molar-refractivity contribution in [2.45, 2.75) is 6.18 Å². The number of halogens is 4. The molecule has 1 amide bonds. The highest BCUT2D eigenvalue weighted by Crippen LogP contribution is 2.32. The van der Waals surface area contributed by atoms with Gasteiger partial charge in [-0.15, -0.1) is 12.4 Å². The molecule has 2 heterocycles. The molecular formula is C15H17ClF3N3O. The number of carbonyl (C=O) groups is 1. The van der Waals surface area contributed by atoms with Crippen molar-refractivity contribution in [3.05, 3.63) is 35.5 Å². The zero-order chi connectivity index (χ0) is 15.9. The first kappa shape index (κ1) is 17.6. The van der Waals surface area contributed by atoms with E-state index in [-0.39, 0.29) is 18.3 Å². The van der Waals surface area contributed by atoms with Gasteiger partial charge in [-0.2, -0.15) is 13.2 Å². The van der Waals surface area contributed by atoms with Crippen LogP contribution in [-0.4, -0.2) is 41.6 Å². The van der Waals surface area contributed by atoms with Gasteiger partial charge in [-0.25, -0.2) is 0 Å². The fraction of sp³-hybridized carbons (Fsp3) is 0.400. The molecule has 1 aliphatic rings. The summed E-state index contributed by atoms with van der Waals surface area (Å²) < 4.78 is 40.0. The molecule has 1 aromatic heterocycles. The van der Waals surface area contributed by atoms with Gasteiger partial charge in [-0.3, -0.25) is 4.79 Å².